The van der Waals surface area contributed by atoms with Crippen LogP contribution in [0, 0.1) is 0 Å². The van der Waals surface area contributed by atoms with Crippen molar-refractivity contribution in [1.82, 2.24) is 9.55 Å². The largest absolute Gasteiger partial charge is 0.368 e. The Balaban J connectivity index is 2.16. The number of benzene rings is 1. The van der Waals surface area contributed by atoms with Gasteiger partial charge >= 0.3 is 0 Å². The van der Waals surface area contributed by atoms with Crippen LogP contribution >= 0.6 is 0 Å². The first-order valence-corrected chi connectivity index (χ1v) is 9.22. The lowest BCUT2D eigenvalue weighted by Crippen LogP contribution is -2.26. The number of rotatable bonds is 10. The Morgan fingerprint density at radius 2 is 1.93 bits per heavy atom. The van der Waals surface area contributed by atoms with E-state index in [0.717, 1.165) is 53.7 Å². The second kappa shape index (κ2) is 8.58. The lowest BCUT2D eigenvalue weighted by Gasteiger charge is -2.16. The van der Waals surface area contributed by atoms with Gasteiger partial charge in [0.15, 0.2) is 0 Å². The molecule has 0 bridgehead atoms. The second-order valence-corrected chi connectivity index (χ2v) is 6.63. The summed E-state index contributed by atoms with van der Waals surface area (Å²) in [5.41, 5.74) is 8.42. The molecule has 6 heteroatoms. The van der Waals surface area contributed by atoms with Gasteiger partial charge in [-0.2, -0.15) is 0 Å². The molecule has 0 aliphatic carbocycles. The highest BCUT2D eigenvalue weighted by molar-refractivity contribution is 6.09. The van der Waals surface area contributed by atoms with E-state index in [2.05, 4.69) is 11.1 Å². The number of hydrogen-bond donors (Lipinski definition) is 1. The molecule has 2 heterocycles. The van der Waals surface area contributed by atoms with Crippen molar-refractivity contribution in [3.63, 3.8) is 0 Å². The monoisotopic (exact) mass is 365 g/mol. The Morgan fingerprint density at radius 1 is 1.11 bits per heavy atom. The van der Waals surface area contributed by atoms with Crippen LogP contribution in [0.4, 0.5) is 0 Å². The number of aromatic nitrogens is 2. The van der Waals surface area contributed by atoms with Crippen LogP contribution in [0.25, 0.3) is 21.9 Å². The van der Waals surface area contributed by atoms with Gasteiger partial charge in [0.05, 0.1) is 5.52 Å². The number of amides is 1. The first kappa shape index (κ1) is 18.8. The summed E-state index contributed by atoms with van der Waals surface area (Å²) in [5, 5.41) is 2.03. The number of primary amides is 1. The van der Waals surface area contributed by atoms with Crippen molar-refractivity contribution >= 4 is 40.4 Å². The Morgan fingerprint density at radius 3 is 2.67 bits per heavy atom. The van der Waals surface area contributed by atoms with Gasteiger partial charge in [0.1, 0.15) is 24.3 Å². The van der Waals surface area contributed by atoms with Crippen molar-refractivity contribution < 1.29 is 14.4 Å². The minimum atomic E-state index is -0.629. The molecule has 140 valence electrons. The number of pyridine rings is 1. The standard InChI is InChI=1S/C21H23N3O3/c22-20(27)18(11-6-14-26)24-17-10-4-8-15(7-2-1-3-13-25)19(17)16-9-5-12-23-21(16)24/h4-5,8-10,12-14,18H,1-3,6-7,11H2,(H2,22,27). The Kier molecular flexibility index (Phi) is 5.96. The number of carbonyl (C=O) groups is 3. The van der Waals surface area contributed by atoms with Crippen LogP contribution in [0.5, 0.6) is 0 Å². The average Bonchev–Trinajstić information content (AvgIpc) is 3.01. The molecule has 1 aromatic carbocycles. The number of aldehydes is 2. The van der Waals surface area contributed by atoms with Gasteiger partial charge in [-0.1, -0.05) is 12.1 Å². The summed E-state index contributed by atoms with van der Waals surface area (Å²) in [4.78, 5) is 38.0. The Hall–Kier alpha value is -3.02. The van der Waals surface area contributed by atoms with Crippen LogP contribution in [-0.4, -0.2) is 28.0 Å². The predicted molar refractivity (Wildman–Crippen MR) is 104 cm³/mol. The minimum absolute atomic E-state index is 0.257. The van der Waals surface area contributed by atoms with Gasteiger partial charge in [0.2, 0.25) is 5.91 Å². The van der Waals surface area contributed by atoms with Crippen LogP contribution in [0.3, 0.4) is 0 Å². The molecule has 0 aliphatic heterocycles. The molecule has 6 nitrogen and oxygen atoms in total. The van der Waals surface area contributed by atoms with Gasteiger partial charge in [0.25, 0.3) is 0 Å². The summed E-state index contributed by atoms with van der Waals surface area (Å²) < 4.78 is 1.87. The smallest absolute Gasteiger partial charge is 0.240 e. The van der Waals surface area contributed by atoms with E-state index in [0.29, 0.717) is 18.5 Å². The van der Waals surface area contributed by atoms with E-state index >= 15 is 0 Å². The molecule has 1 atom stereocenters. The molecule has 0 aliphatic rings. The van der Waals surface area contributed by atoms with Gasteiger partial charge in [-0.3, -0.25) is 4.79 Å². The van der Waals surface area contributed by atoms with Crippen molar-refractivity contribution in [2.45, 2.75) is 44.6 Å². The van der Waals surface area contributed by atoms with Crippen LogP contribution in [0.1, 0.15) is 43.7 Å². The Labute approximate surface area is 157 Å². The molecule has 2 aromatic heterocycles. The normalized spacial score (nSPS) is 12.3. The van der Waals surface area contributed by atoms with Gasteiger partial charge in [-0.15, -0.1) is 0 Å². The van der Waals surface area contributed by atoms with Crippen molar-refractivity contribution in [3.8, 4) is 0 Å². The third-order valence-corrected chi connectivity index (χ3v) is 4.89. The molecule has 3 aromatic rings. The molecule has 2 N–H and O–H groups in total. The van der Waals surface area contributed by atoms with E-state index < -0.39 is 11.9 Å². The zero-order valence-corrected chi connectivity index (χ0v) is 15.1. The maximum atomic E-state index is 12.1. The lowest BCUT2D eigenvalue weighted by molar-refractivity contribution is -0.121. The number of nitrogens with two attached hydrogens (primary N) is 1. The first-order chi connectivity index (χ1) is 13.2. The first-order valence-electron chi connectivity index (χ1n) is 9.22. The zero-order chi connectivity index (χ0) is 19.2. The summed E-state index contributed by atoms with van der Waals surface area (Å²) in [6.07, 6.45) is 7.21. The number of nitrogens with zero attached hydrogens (tertiary/aromatic N) is 2. The number of unbranched alkanes of at least 4 members (excludes halogenated alkanes) is 2. The molecule has 0 radical (unpaired) electrons. The molecule has 1 amide bonds. The molecule has 0 spiro atoms. The highest BCUT2D eigenvalue weighted by atomic mass is 16.1. The summed E-state index contributed by atoms with van der Waals surface area (Å²) in [6, 6.07) is 9.24. The van der Waals surface area contributed by atoms with Gasteiger partial charge in [-0.25, -0.2) is 4.98 Å². The Bertz CT molecular complexity index is 977. The summed E-state index contributed by atoms with van der Waals surface area (Å²) in [5.74, 6) is -0.474. The summed E-state index contributed by atoms with van der Waals surface area (Å²) >= 11 is 0. The molecule has 3 rings (SSSR count). The number of hydrogen-bond acceptors (Lipinski definition) is 4. The SMILES string of the molecule is NC(=O)C(CCC=O)n1c2cccc(CCCCC=O)c2c2cccnc21. The molecular weight excluding hydrogens is 342 g/mol. The van der Waals surface area contributed by atoms with E-state index in [4.69, 9.17) is 5.73 Å². The predicted octanol–water partition coefficient (Wildman–Crippen LogP) is 3.11. The van der Waals surface area contributed by atoms with Crippen molar-refractivity contribution in [3.05, 3.63) is 42.1 Å². The topological polar surface area (TPSA) is 95.0 Å². The second-order valence-electron chi connectivity index (χ2n) is 6.63. The quantitative estimate of drug-likeness (QED) is 0.441. The molecule has 0 saturated heterocycles. The average molecular weight is 365 g/mol. The van der Waals surface area contributed by atoms with Crippen LogP contribution < -0.4 is 5.73 Å². The lowest BCUT2D eigenvalue weighted by atomic mass is 10.0. The fourth-order valence-electron chi connectivity index (χ4n) is 3.69. The number of carbonyl (C=O) groups excluding carboxylic acids is 3. The highest BCUT2D eigenvalue weighted by Crippen LogP contribution is 2.34. The zero-order valence-electron chi connectivity index (χ0n) is 15.1. The summed E-state index contributed by atoms with van der Waals surface area (Å²) in [7, 11) is 0. The van der Waals surface area contributed by atoms with Crippen molar-refractivity contribution in [2.24, 2.45) is 5.73 Å². The van der Waals surface area contributed by atoms with Crippen molar-refractivity contribution in [2.75, 3.05) is 0 Å². The van der Waals surface area contributed by atoms with E-state index in [-0.39, 0.29) is 6.42 Å². The minimum Gasteiger partial charge on any atom is -0.368 e. The third-order valence-electron chi connectivity index (χ3n) is 4.89. The molecule has 0 fully saturated rings. The fourth-order valence-corrected chi connectivity index (χ4v) is 3.69. The van der Waals surface area contributed by atoms with E-state index in [9.17, 15) is 14.4 Å². The molecular formula is C21H23N3O3. The molecule has 27 heavy (non-hydrogen) atoms. The van der Waals surface area contributed by atoms with E-state index in [1.165, 1.54) is 0 Å². The molecule has 0 saturated carbocycles. The number of fused-ring (bicyclic) bond motifs is 3. The highest BCUT2D eigenvalue weighted by Gasteiger charge is 2.24. The van der Waals surface area contributed by atoms with Gasteiger partial charge in [-0.05, 0) is 49.4 Å². The van der Waals surface area contributed by atoms with Gasteiger partial charge < -0.3 is 19.9 Å². The van der Waals surface area contributed by atoms with Gasteiger partial charge in [0, 0.05) is 29.8 Å². The molecule has 1 unspecified atom stereocenters. The number of aryl methyl sites for hydroxylation is 1. The van der Waals surface area contributed by atoms with E-state index in [1.54, 1.807) is 6.20 Å². The third kappa shape index (κ3) is 3.74. The van der Waals surface area contributed by atoms with Crippen LogP contribution in [0.15, 0.2) is 36.5 Å². The fraction of sp³-hybridized carbons (Fsp3) is 0.333. The van der Waals surface area contributed by atoms with E-state index in [1.807, 2.05) is 28.8 Å². The maximum Gasteiger partial charge on any atom is 0.240 e. The summed E-state index contributed by atoms with van der Waals surface area (Å²) in [6.45, 7) is 0. The van der Waals surface area contributed by atoms with Crippen molar-refractivity contribution in [1.29, 1.82) is 0 Å². The maximum absolute atomic E-state index is 12.1. The van der Waals surface area contributed by atoms with Crippen LogP contribution in [-0.2, 0) is 20.8 Å². The van der Waals surface area contributed by atoms with Crippen LogP contribution in [0.2, 0.25) is 0 Å².